The third-order valence-electron chi connectivity index (χ3n) is 4.81. The Morgan fingerprint density at radius 3 is 1.84 bits per heavy atom. The average molecular weight is 555 g/mol. The second-order valence-electron chi connectivity index (χ2n) is 7.72. The lowest BCUT2D eigenvalue weighted by atomic mass is 10.2. The molecule has 0 unspecified atom stereocenters. The number of halogens is 1. The van der Waals surface area contributed by atoms with Crippen LogP contribution in [0.2, 0.25) is 0 Å². The normalized spacial score (nSPS) is 11.5. The first-order valence-corrected chi connectivity index (χ1v) is 14.2. The summed E-state index contributed by atoms with van der Waals surface area (Å²) in [6.07, 6.45) is 7.33. The lowest BCUT2D eigenvalue weighted by Gasteiger charge is -2.00. The van der Waals surface area contributed by atoms with Crippen LogP contribution in [0.15, 0.2) is 137 Å². The maximum atomic E-state index is 12.7. The highest BCUT2D eigenvalue weighted by atomic mass is 32.2. The Morgan fingerprint density at radius 2 is 1.26 bits per heavy atom. The van der Waals surface area contributed by atoms with Crippen molar-refractivity contribution in [3.63, 3.8) is 0 Å². The van der Waals surface area contributed by atoms with Gasteiger partial charge in [-0.25, -0.2) is 14.4 Å². The zero-order chi connectivity index (χ0) is 26.8. The van der Waals surface area contributed by atoms with Crippen molar-refractivity contribution in [1.29, 1.82) is 0 Å². The van der Waals surface area contributed by atoms with Crippen LogP contribution < -0.4 is 0 Å². The number of benzene rings is 4. The fourth-order valence-electron chi connectivity index (χ4n) is 2.96. The van der Waals surface area contributed by atoms with Crippen molar-refractivity contribution in [3.05, 3.63) is 144 Å². The molecule has 0 aliphatic rings. The monoisotopic (exact) mass is 554 g/mol. The summed E-state index contributed by atoms with van der Waals surface area (Å²) in [5, 5.41) is 3.31. The molecule has 0 radical (unpaired) electrons. The predicted octanol–water partition coefficient (Wildman–Crippen LogP) is 9.52. The number of nitrogens with zero attached hydrogens (tertiary/aromatic N) is 2. The van der Waals surface area contributed by atoms with Crippen LogP contribution in [0.3, 0.4) is 0 Å². The van der Waals surface area contributed by atoms with Gasteiger partial charge in [0.25, 0.3) is 0 Å². The van der Waals surface area contributed by atoms with Gasteiger partial charge in [-0.3, -0.25) is 0 Å². The summed E-state index contributed by atoms with van der Waals surface area (Å²) in [7, 11) is 0. The first-order chi connectivity index (χ1) is 18.6. The number of para-hydroxylation sites is 2. The van der Waals surface area contributed by atoms with Crippen molar-refractivity contribution in [2.75, 3.05) is 0 Å². The summed E-state index contributed by atoms with van der Waals surface area (Å²) in [6, 6.07) is 36.2. The van der Waals surface area contributed by atoms with Crippen molar-refractivity contribution in [3.8, 4) is 12.3 Å². The molecule has 0 N–H and O–H groups in total. The minimum atomic E-state index is -0.207. The second-order valence-corrected chi connectivity index (χ2v) is 10.0. The molecule has 0 saturated heterocycles. The Kier molecular flexibility index (Phi) is 13.1. The zero-order valence-corrected chi connectivity index (χ0v) is 23.2. The number of aliphatic imine (C=N–C) groups is 2. The predicted molar refractivity (Wildman–Crippen MR) is 169 cm³/mol. The molecule has 0 aromatic heterocycles. The maximum absolute atomic E-state index is 12.7. The number of thiol groups is 1. The highest BCUT2D eigenvalue weighted by Gasteiger charge is 1.99. The van der Waals surface area contributed by atoms with E-state index in [-0.39, 0.29) is 5.82 Å². The summed E-state index contributed by atoms with van der Waals surface area (Å²) in [5.41, 5.74) is 4.11. The molecule has 4 aromatic carbocycles. The number of hydrogen-bond donors (Lipinski definition) is 1. The summed E-state index contributed by atoms with van der Waals surface area (Å²) in [4.78, 5) is 8.78. The second kappa shape index (κ2) is 17.1. The molecule has 0 spiro atoms. The largest absolute Gasteiger partial charge is 0.242 e. The van der Waals surface area contributed by atoms with E-state index in [0.717, 1.165) is 28.4 Å². The Morgan fingerprint density at radius 1 is 0.737 bits per heavy atom. The van der Waals surface area contributed by atoms with Crippen molar-refractivity contribution >= 4 is 57.6 Å². The first kappa shape index (κ1) is 29.1. The molecule has 190 valence electrons. The van der Waals surface area contributed by atoms with Gasteiger partial charge in [-0.05, 0) is 64.9 Å². The molecule has 0 saturated carbocycles. The van der Waals surface area contributed by atoms with E-state index < -0.39 is 0 Å². The molecule has 0 fully saturated rings. The molecule has 2 nitrogen and oxygen atoms in total. The molecule has 0 heterocycles. The van der Waals surface area contributed by atoms with Crippen molar-refractivity contribution < 1.29 is 4.39 Å². The van der Waals surface area contributed by atoms with Gasteiger partial charge >= 0.3 is 0 Å². The van der Waals surface area contributed by atoms with Crippen LogP contribution in [-0.2, 0) is 11.5 Å². The standard InChI is InChI=1S/C16H14FNS2.C16H13NS/c17-14-8-6-13(7-9-14)12-20-11-10-16(19)18-15-4-2-1-3-5-15;1-2-16(17-15-11-7-4-8-12-15)18-13-14-9-5-3-6-10-14/h1-11H,12H2,(H,18,19);1,3-12H,13H2. The van der Waals surface area contributed by atoms with E-state index in [1.807, 2.05) is 90.3 Å². The fourth-order valence-corrected chi connectivity index (χ4v) is 4.70. The maximum Gasteiger partial charge on any atom is 0.147 e. The van der Waals surface area contributed by atoms with Gasteiger partial charge in [0, 0.05) is 11.5 Å². The molecule has 6 heteroatoms. The molecular formula is C32H27FN2S3. The van der Waals surface area contributed by atoms with E-state index in [4.69, 9.17) is 6.42 Å². The van der Waals surface area contributed by atoms with Gasteiger partial charge in [-0.2, -0.15) is 0 Å². The Bertz CT molecular complexity index is 1360. The third kappa shape index (κ3) is 11.7. The van der Waals surface area contributed by atoms with E-state index in [1.165, 1.54) is 17.7 Å². The molecule has 0 amide bonds. The van der Waals surface area contributed by atoms with Crippen molar-refractivity contribution in [2.24, 2.45) is 9.98 Å². The van der Waals surface area contributed by atoms with E-state index in [0.29, 0.717) is 10.1 Å². The Labute approximate surface area is 238 Å². The van der Waals surface area contributed by atoms with Crippen LogP contribution >= 0.6 is 36.2 Å². The third-order valence-corrected chi connectivity index (χ3v) is 6.84. The molecule has 0 aliphatic heterocycles. The summed E-state index contributed by atoms with van der Waals surface area (Å²) >= 11 is 7.52. The van der Waals surface area contributed by atoms with Gasteiger partial charge in [0.2, 0.25) is 0 Å². The molecule has 4 rings (SSSR count). The van der Waals surface area contributed by atoms with Crippen LogP contribution in [0.5, 0.6) is 0 Å². The van der Waals surface area contributed by atoms with Crippen molar-refractivity contribution in [1.82, 2.24) is 0 Å². The number of hydrogen-bond acceptors (Lipinski definition) is 4. The van der Waals surface area contributed by atoms with Crippen LogP contribution in [0.25, 0.3) is 0 Å². The summed E-state index contributed by atoms with van der Waals surface area (Å²) in [6.45, 7) is 0. The van der Waals surface area contributed by atoms with Gasteiger partial charge in [0.1, 0.15) is 10.9 Å². The minimum absolute atomic E-state index is 0.207. The highest BCUT2D eigenvalue weighted by Crippen LogP contribution is 2.18. The van der Waals surface area contributed by atoms with Gasteiger partial charge in [-0.15, -0.1) is 30.8 Å². The molecule has 0 atom stereocenters. The summed E-state index contributed by atoms with van der Waals surface area (Å²) in [5.74, 6) is 4.07. The van der Waals surface area contributed by atoms with Gasteiger partial charge in [-0.1, -0.05) is 90.6 Å². The van der Waals surface area contributed by atoms with Crippen LogP contribution in [-0.4, -0.2) is 10.1 Å². The molecule has 0 bridgehead atoms. The van der Waals surface area contributed by atoms with Gasteiger partial charge in [0.05, 0.1) is 16.4 Å². The highest BCUT2D eigenvalue weighted by molar-refractivity contribution is 8.13. The first-order valence-electron chi connectivity index (χ1n) is 11.7. The molecular weight excluding hydrogens is 528 g/mol. The SMILES string of the molecule is C#CC(=Nc1ccccc1)SCc1ccccc1.Fc1ccc(CSC=CC(S)=Nc2ccccc2)cc1. The molecule has 4 aromatic rings. The van der Waals surface area contributed by atoms with Crippen LogP contribution in [0.1, 0.15) is 11.1 Å². The van der Waals surface area contributed by atoms with Crippen LogP contribution in [0.4, 0.5) is 15.8 Å². The lowest BCUT2D eigenvalue weighted by Crippen LogP contribution is -1.88. The Hall–Kier alpha value is -3.50. The summed E-state index contributed by atoms with van der Waals surface area (Å²) < 4.78 is 12.7. The van der Waals surface area contributed by atoms with Gasteiger partial charge in [0.15, 0.2) is 0 Å². The smallest absolute Gasteiger partial charge is 0.147 e. The number of thioether (sulfide) groups is 2. The fraction of sp³-hybridized carbons (Fsp3) is 0.0625. The number of rotatable bonds is 8. The van der Waals surface area contributed by atoms with Gasteiger partial charge < -0.3 is 0 Å². The van der Waals surface area contributed by atoms with E-state index in [1.54, 1.807) is 35.7 Å². The molecule has 0 aliphatic carbocycles. The topological polar surface area (TPSA) is 24.7 Å². The Balaban J connectivity index is 0.000000212. The number of terminal acetylenes is 1. The van der Waals surface area contributed by atoms with E-state index in [9.17, 15) is 4.39 Å². The zero-order valence-electron chi connectivity index (χ0n) is 20.7. The van der Waals surface area contributed by atoms with Crippen molar-refractivity contribution in [2.45, 2.75) is 11.5 Å². The van der Waals surface area contributed by atoms with E-state index in [2.05, 4.69) is 40.7 Å². The van der Waals surface area contributed by atoms with E-state index >= 15 is 0 Å². The minimum Gasteiger partial charge on any atom is -0.242 e. The average Bonchev–Trinajstić information content (AvgIpc) is 2.96. The van der Waals surface area contributed by atoms with Crippen LogP contribution in [0, 0.1) is 18.2 Å². The lowest BCUT2D eigenvalue weighted by molar-refractivity contribution is 0.627. The quantitative estimate of drug-likeness (QED) is 0.102. The molecule has 38 heavy (non-hydrogen) atoms.